The predicted octanol–water partition coefficient (Wildman–Crippen LogP) is 12.9. The summed E-state index contributed by atoms with van der Waals surface area (Å²) < 4.78 is 6.84. The van der Waals surface area contributed by atoms with Crippen LogP contribution in [0.5, 0.6) is 11.5 Å². The van der Waals surface area contributed by atoms with Crippen LogP contribution < -0.4 is 14.5 Å². The zero-order valence-electron chi connectivity index (χ0n) is 29.7. The number of nitriles is 2. The van der Waals surface area contributed by atoms with E-state index in [1.165, 1.54) is 27.6 Å². The van der Waals surface area contributed by atoms with Gasteiger partial charge in [0.05, 0.1) is 29.3 Å². The van der Waals surface area contributed by atoms with Gasteiger partial charge in [-0.3, -0.25) is 0 Å². The maximum atomic E-state index is 9.57. The number of hydrogen-bond donors (Lipinski definition) is 0. The van der Waals surface area contributed by atoms with Gasteiger partial charge in [-0.1, -0.05) is 72.8 Å². The van der Waals surface area contributed by atoms with Crippen LogP contribution in [-0.2, 0) is 6.42 Å². The number of ether oxygens (including phenoxy) is 1. The van der Waals surface area contributed by atoms with E-state index >= 15 is 0 Å². The number of anilines is 5. The molecule has 0 radical (unpaired) electrons. The largest absolute Gasteiger partial charge is 0.456 e. The summed E-state index contributed by atoms with van der Waals surface area (Å²) in [5.74, 6) is 1.64. The lowest BCUT2D eigenvalue weighted by Gasteiger charge is -2.39. The van der Waals surface area contributed by atoms with Gasteiger partial charge in [0, 0.05) is 45.5 Å². The van der Waals surface area contributed by atoms with Crippen molar-refractivity contribution in [3.05, 3.63) is 198 Å². The molecule has 0 aromatic heterocycles. The van der Waals surface area contributed by atoms with Crippen molar-refractivity contribution in [2.75, 3.05) is 9.80 Å². The number of benzene rings is 8. The number of fused-ring (bicyclic) bond motifs is 6. The Hall–Kier alpha value is -7.60. The van der Waals surface area contributed by atoms with Gasteiger partial charge in [-0.2, -0.15) is 10.5 Å². The molecule has 1 unspecified atom stereocenters. The molecule has 0 N–H and O–H groups in total. The van der Waals surface area contributed by atoms with Crippen molar-refractivity contribution >= 4 is 39.2 Å². The molecule has 0 saturated heterocycles. The van der Waals surface area contributed by atoms with Crippen molar-refractivity contribution in [3.8, 4) is 45.9 Å². The van der Waals surface area contributed by atoms with Gasteiger partial charge in [0.1, 0.15) is 11.5 Å². The smallest absolute Gasteiger partial charge is 0.137 e. The molecular weight excluding hydrogens is 673 g/mol. The summed E-state index contributed by atoms with van der Waals surface area (Å²) in [5, 5.41) is 21.3. The standard InChI is InChI=1S/C50H32N4O/c51-31-33-18-22-37(23-19-33)53(35-10-3-1-4-11-35)39-26-27-42-46-29-44-40-14-7-8-15-41(40)47(30-45(44)43-16-9-17-48(50(43)46)55-49(42)28-39)54(36-12-5-2-6-13-36)38-24-20-34(32-52)21-25-38/h1-29,47H,30H2. The minimum absolute atomic E-state index is 0.00152. The highest BCUT2D eigenvalue weighted by Crippen LogP contribution is 2.54. The van der Waals surface area contributed by atoms with E-state index in [9.17, 15) is 10.5 Å². The third-order valence-corrected chi connectivity index (χ3v) is 10.9. The van der Waals surface area contributed by atoms with E-state index in [1.807, 2.05) is 60.7 Å². The van der Waals surface area contributed by atoms with Gasteiger partial charge in [0.25, 0.3) is 0 Å². The molecule has 1 atom stereocenters. The predicted molar refractivity (Wildman–Crippen MR) is 220 cm³/mol. The van der Waals surface area contributed by atoms with Gasteiger partial charge in [0.2, 0.25) is 0 Å². The third-order valence-electron chi connectivity index (χ3n) is 10.9. The molecule has 10 rings (SSSR count). The van der Waals surface area contributed by atoms with Gasteiger partial charge < -0.3 is 14.5 Å². The fourth-order valence-corrected chi connectivity index (χ4v) is 8.41. The summed E-state index contributed by atoms with van der Waals surface area (Å²) in [6.07, 6.45) is 0.782. The monoisotopic (exact) mass is 704 g/mol. The maximum absolute atomic E-state index is 9.57. The highest BCUT2D eigenvalue weighted by molar-refractivity contribution is 6.09. The van der Waals surface area contributed by atoms with Gasteiger partial charge in [-0.05, 0) is 137 Å². The molecule has 258 valence electrons. The Bertz CT molecular complexity index is 2840. The summed E-state index contributed by atoms with van der Waals surface area (Å²) in [6, 6.07) is 65.0. The van der Waals surface area contributed by atoms with Crippen LogP contribution in [0.15, 0.2) is 176 Å². The molecule has 1 aliphatic heterocycles. The van der Waals surface area contributed by atoms with Crippen LogP contribution in [0.1, 0.15) is 28.3 Å². The first kappa shape index (κ1) is 32.1. The second-order valence-corrected chi connectivity index (χ2v) is 13.9. The summed E-state index contributed by atoms with van der Waals surface area (Å²) in [7, 11) is 0. The highest BCUT2D eigenvalue weighted by Gasteiger charge is 2.34. The van der Waals surface area contributed by atoms with Crippen molar-refractivity contribution in [3.63, 3.8) is 0 Å². The average Bonchev–Trinajstić information content (AvgIpc) is 3.25. The Morgan fingerprint density at radius 3 is 1.78 bits per heavy atom. The second-order valence-electron chi connectivity index (χ2n) is 13.9. The minimum Gasteiger partial charge on any atom is -0.456 e. The van der Waals surface area contributed by atoms with Crippen LogP contribution in [0, 0.1) is 22.7 Å². The molecule has 0 bridgehead atoms. The second kappa shape index (κ2) is 13.1. The lowest BCUT2D eigenvalue weighted by atomic mass is 9.77. The zero-order chi connectivity index (χ0) is 36.9. The Morgan fingerprint density at radius 2 is 1.07 bits per heavy atom. The molecule has 5 heteroatoms. The Balaban J connectivity index is 1.13. The fourth-order valence-electron chi connectivity index (χ4n) is 8.41. The molecule has 1 aliphatic carbocycles. The van der Waals surface area contributed by atoms with E-state index in [4.69, 9.17) is 4.74 Å². The number of para-hydroxylation sites is 2. The summed E-state index contributed by atoms with van der Waals surface area (Å²) in [5.41, 5.74) is 13.5. The summed E-state index contributed by atoms with van der Waals surface area (Å²) in [4.78, 5) is 4.61. The average molecular weight is 705 g/mol. The van der Waals surface area contributed by atoms with Crippen molar-refractivity contribution in [2.45, 2.75) is 12.5 Å². The number of nitrogens with zero attached hydrogens (tertiary/aromatic N) is 4. The molecule has 0 fully saturated rings. The molecule has 55 heavy (non-hydrogen) atoms. The van der Waals surface area contributed by atoms with E-state index in [0.717, 1.165) is 62.9 Å². The van der Waals surface area contributed by atoms with Crippen molar-refractivity contribution in [1.29, 1.82) is 10.5 Å². The molecule has 8 aromatic rings. The van der Waals surface area contributed by atoms with E-state index < -0.39 is 0 Å². The molecule has 0 saturated carbocycles. The SMILES string of the molecule is N#Cc1ccc(N(c2ccccc2)c2ccc3c(c2)Oc2cccc4c5c(cc-3c24)-c2ccccc2C(N(c2ccccc2)c2ccc(C#N)cc2)C5)cc1. The molecule has 2 aliphatic rings. The number of rotatable bonds is 6. The van der Waals surface area contributed by atoms with Crippen molar-refractivity contribution < 1.29 is 4.74 Å². The molecule has 8 aromatic carbocycles. The van der Waals surface area contributed by atoms with Crippen LogP contribution in [0.2, 0.25) is 0 Å². The molecule has 5 nitrogen and oxygen atoms in total. The first-order valence-corrected chi connectivity index (χ1v) is 18.4. The van der Waals surface area contributed by atoms with E-state index in [-0.39, 0.29) is 6.04 Å². The van der Waals surface area contributed by atoms with Crippen LogP contribution in [0.25, 0.3) is 33.0 Å². The van der Waals surface area contributed by atoms with Gasteiger partial charge in [-0.25, -0.2) is 0 Å². The van der Waals surface area contributed by atoms with E-state index in [2.05, 4.69) is 137 Å². The van der Waals surface area contributed by atoms with Crippen molar-refractivity contribution in [1.82, 2.24) is 0 Å². The first-order valence-electron chi connectivity index (χ1n) is 18.4. The highest BCUT2D eigenvalue weighted by atomic mass is 16.5. The molecule has 1 heterocycles. The lowest BCUT2D eigenvalue weighted by Crippen LogP contribution is -2.28. The normalized spacial score (nSPS) is 13.3. The Morgan fingerprint density at radius 1 is 0.473 bits per heavy atom. The van der Waals surface area contributed by atoms with Gasteiger partial charge in [0.15, 0.2) is 0 Å². The van der Waals surface area contributed by atoms with Crippen molar-refractivity contribution in [2.24, 2.45) is 0 Å². The summed E-state index contributed by atoms with van der Waals surface area (Å²) in [6.45, 7) is 0. The molecule has 0 amide bonds. The van der Waals surface area contributed by atoms with Gasteiger partial charge in [-0.15, -0.1) is 0 Å². The Kier molecular flexibility index (Phi) is 7.65. The fraction of sp³-hybridized carbons (Fsp3) is 0.0400. The molecular formula is C50H32N4O. The maximum Gasteiger partial charge on any atom is 0.137 e. The van der Waals surface area contributed by atoms with Gasteiger partial charge >= 0.3 is 0 Å². The van der Waals surface area contributed by atoms with Crippen LogP contribution in [0.4, 0.5) is 28.4 Å². The Labute approximate surface area is 319 Å². The minimum atomic E-state index is 0.00152. The van der Waals surface area contributed by atoms with Crippen LogP contribution >= 0.6 is 0 Å². The quantitative estimate of drug-likeness (QED) is 0.172. The first-order chi connectivity index (χ1) is 27.2. The lowest BCUT2D eigenvalue weighted by molar-refractivity contribution is 0.487. The summed E-state index contributed by atoms with van der Waals surface area (Å²) >= 11 is 0. The van der Waals surface area contributed by atoms with Crippen LogP contribution in [0.3, 0.4) is 0 Å². The third kappa shape index (κ3) is 5.38. The zero-order valence-corrected chi connectivity index (χ0v) is 29.7. The van der Waals surface area contributed by atoms with Crippen LogP contribution in [-0.4, -0.2) is 0 Å². The van der Waals surface area contributed by atoms with E-state index in [1.54, 1.807) is 0 Å². The topological polar surface area (TPSA) is 63.3 Å². The number of hydrogen-bond acceptors (Lipinski definition) is 5. The molecule has 0 spiro atoms. The van der Waals surface area contributed by atoms with E-state index in [0.29, 0.717) is 11.1 Å².